The highest BCUT2D eigenvalue weighted by Crippen LogP contribution is 2.33. The van der Waals surface area contributed by atoms with Gasteiger partial charge in [0.2, 0.25) is 0 Å². The van der Waals surface area contributed by atoms with Gasteiger partial charge in [-0.05, 0) is 44.4 Å². The molecule has 0 atom stereocenters. The van der Waals surface area contributed by atoms with E-state index in [1.165, 1.54) is 18.4 Å². The van der Waals surface area contributed by atoms with Crippen molar-refractivity contribution in [2.24, 2.45) is 0 Å². The van der Waals surface area contributed by atoms with Gasteiger partial charge in [-0.15, -0.1) is 0 Å². The van der Waals surface area contributed by atoms with Crippen LogP contribution in [-0.4, -0.2) is 19.1 Å². The summed E-state index contributed by atoms with van der Waals surface area (Å²) in [5.74, 6) is 1.47. The summed E-state index contributed by atoms with van der Waals surface area (Å²) >= 11 is 0. The lowest BCUT2D eigenvalue weighted by molar-refractivity contribution is -0.135. The zero-order chi connectivity index (χ0) is 14.7. The third-order valence-corrected chi connectivity index (χ3v) is 3.63. The van der Waals surface area contributed by atoms with Crippen molar-refractivity contribution in [3.05, 3.63) is 29.5 Å². The third kappa shape index (κ3) is 3.03. The Labute approximate surface area is 123 Å². The maximum absolute atomic E-state index is 11.4. The molecule has 0 fully saturated rings. The number of aryl methyl sites for hydroxylation is 2. The molecule has 1 aliphatic rings. The molecule has 0 aliphatic heterocycles. The Morgan fingerprint density at radius 2 is 2.19 bits per heavy atom. The van der Waals surface area contributed by atoms with Crippen LogP contribution in [0.5, 0.6) is 5.75 Å². The highest BCUT2D eigenvalue weighted by molar-refractivity contribution is 5.84. The number of hydroxylamine groups is 1. The van der Waals surface area contributed by atoms with Crippen molar-refractivity contribution in [1.29, 1.82) is 0 Å². The molecule has 112 valence electrons. The Bertz CT molecular complexity index is 647. The second-order valence-electron chi connectivity index (χ2n) is 5.12. The van der Waals surface area contributed by atoms with Gasteiger partial charge in [0.15, 0.2) is 6.61 Å². The minimum Gasteiger partial charge on any atom is -0.484 e. The first-order valence-electron chi connectivity index (χ1n) is 7.35. The number of rotatable bonds is 5. The fourth-order valence-electron chi connectivity index (χ4n) is 2.66. The first-order valence-corrected chi connectivity index (χ1v) is 7.35. The molecule has 3 rings (SSSR count). The Hall–Kier alpha value is -2.01. The number of hydrogen-bond donors (Lipinski definition) is 1. The van der Waals surface area contributed by atoms with Gasteiger partial charge in [-0.2, -0.15) is 0 Å². The first-order chi connectivity index (χ1) is 10.3. The van der Waals surface area contributed by atoms with Crippen LogP contribution in [-0.2, 0) is 22.5 Å². The van der Waals surface area contributed by atoms with Crippen molar-refractivity contribution < 1.29 is 18.8 Å². The molecule has 1 heterocycles. The molecule has 0 saturated carbocycles. The van der Waals surface area contributed by atoms with Crippen LogP contribution >= 0.6 is 0 Å². The van der Waals surface area contributed by atoms with Gasteiger partial charge in [-0.1, -0.05) is 0 Å². The monoisotopic (exact) mass is 289 g/mol. The zero-order valence-corrected chi connectivity index (χ0v) is 12.1. The summed E-state index contributed by atoms with van der Waals surface area (Å²) in [5, 5.41) is 1.10. The van der Waals surface area contributed by atoms with E-state index in [0.29, 0.717) is 12.4 Å². The van der Waals surface area contributed by atoms with E-state index in [2.05, 4.69) is 5.48 Å². The average Bonchev–Trinajstić information content (AvgIpc) is 2.89. The quantitative estimate of drug-likeness (QED) is 0.860. The topological polar surface area (TPSA) is 60.7 Å². The van der Waals surface area contributed by atoms with Crippen molar-refractivity contribution in [1.82, 2.24) is 5.48 Å². The van der Waals surface area contributed by atoms with Crippen LogP contribution in [0, 0.1) is 0 Å². The summed E-state index contributed by atoms with van der Waals surface area (Å²) in [6.07, 6.45) is 4.45. The molecular weight excluding hydrogens is 270 g/mol. The molecule has 0 radical (unpaired) electrons. The molecule has 1 aromatic carbocycles. The van der Waals surface area contributed by atoms with Gasteiger partial charge in [-0.25, -0.2) is 5.48 Å². The standard InChI is InChI=1S/C16H19NO4/c1-2-20-17-16(18)10-19-11-7-8-15-13(9-11)12-5-3-4-6-14(12)21-15/h7-9H,2-6,10H2,1H3,(H,17,18). The SMILES string of the molecule is CCONC(=O)COc1ccc2oc3c(c2c1)CCCC3. The van der Waals surface area contributed by atoms with E-state index in [-0.39, 0.29) is 12.5 Å². The van der Waals surface area contributed by atoms with Gasteiger partial charge in [0, 0.05) is 17.4 Å². The van der Waals surface area contributed by atoms with Gasteiger partial charge in [0.25, 0.3) is 5.91 Å². The molecule has 1 aromatic heterocycles. The smallest absolute Gasteiger partial charge is 0.281 e. The molecule has 0 unspecified atom stereocenters. The highest BCUT2D eigenvalue weighted by atomic mass is 16.7. The zero-order valence-electron chi connectivity index (χ0n) is 12.1. The average molecular weight is 289 g/mol. The lowest BCUT2D eigenvalue weighted by Crippen LogP contribution is -2.28. The van der Waals surface area contributed by atoms with Crippen LogP contribution in [0.2, 0.25) is 0 Å². The number of ether oxygens (including phenoxy) is 1. The number of benzene rings is 1. The van der Waals surface area contributed by atoms with Gasteiger partial charge in [0.1, 0.15) is 17.1 Å². The van der Waals surface area contributed by atoms with E-state index in [1.54, 1.807) is 6.92 Å². The maximum Gasteiger partial charge on any atom is 0.281 e. The van der Waals surface area contributed by atoms with Gasteiger partial charge < -0.3 is 9.15 Å². The maximum atomic E-state index is 11.4. The largest absolute Gasteiger partial charge is 0.484 e. The second-order valence-corrected chi connectivity index (χ2v) is 5.12. The van der Waals surface area contributed by atoms with Crippen molar-refractivity contribution in [2.75, 3.05) is 13.2 Å². The number of hydrogen-bond acceptors (Lipinski definition) is 4. The van der Waals surface area contributed by atoms with Crippen molar-refractivity contribution >= 4 is 16.9 Å². The fraction of sp³-hybridized carbons (Fsp3) is 0.438. The molecule has 0 spiro atoms. The second kappa shape index (κ2) is 6.18. The van der Waals surface area contributed by atoms with Gasteiger partial charge >= 0.3 is 0 Å². The van der Waals surface area contributed by atoms with E-state index < -0.39 is 0 Å². The lowest BCUT2D eigenvalue weighted by Gasteiger charge is -2.09. The van der Waals surface area contributed by atoms with E-state index in [9.17, 15) is 4.79 Å². The minimum absolute atomic E-state index is 0.0639. The minimum atomic E-state index is -0.300. The van der Waals surface area contributed by atoms with Crippen molar-refractivity contribution in [3.63, 3.8) is 0 Å². The van der Waals surface area contributed by atoms with Crippen LogP contribution in [0.15, 0.2) is 22.6 Å². The summed E-state index contributed by atoms with van der Waals surface area (Å²) in [6.45, 7) is 2.17. The Balaban J connectivity index is 1.73. The molecule has 0 saturated heterocycles. The van der Waals surface area contributed by atoms with Crippen LogP contribution in [0.3, 0.4) is 0 Å². The number of furan rings is 1. The summed E-state index contributed by atoms with van der Waals surface area (Å²) in [6, 6.07) is 5.69. The van der Waals surface area contributed by atoms with Gasteiger partial charge in [-0.3, -0.25) is 9.63 Å². The van der Waals surface area contributed by atoms with Crippen LogP contribution in [0.1, 0.15) is 31.1 Å². The third-order valence-electron chi connectivity index (χ3n) is 3.63. The van der Waals surface area contributed by atoms with Crippen LogP contribution < -0.4 is 10.2 Å². The van der Waals surface area contributed by atoms with Crippen molar-refractivity contribution in [2.45, 2.75) is 32.6 Å². The van der Waals surface area contributed by atoms with E-state index in [0.717, 1.165) is 29.6 Å². The Morgan fingerprint density at radius 1 is 1.33 bits per heavy atom. The molecule has 5 heteroatoms. The summed E-state index contributed by atoms with van der Waals surface area (Å²) in [4.78, 5) is 16.3. The predicted molar refractivity (Wildman–Crippen MR) is 78.1 cm³/mol. The number of carbonyl (C=O) groups excluding carboxylic acids is 1. The number of carbonyl (C=O) groups is 1. The summed E-state index contributed by atoms with van der Waals surface area (Å²) in [5.41, 5.74) is 4.49. The molecule has 0 bridgehead atoms. The summed E-state index contributed by atoms with van der Waals surface area (Å²) < 4.78 is 11.4. The first kappa shape index (κ1) is 13.9. The molecular formula is C16H19NO4. The summed E-state index contributed by atoms with van der Waals surface area (Å²) in [7, 11) is 0. The van der Waals surface area contributed by atoms with E-state index in [1.807, 2.05) is 18.2 Å². The molecule has 2 aromatic rings. The van der Waals surface area contributed by atoms with Crippen molar-refractivity contribution in [3.8, 4) is 5.75 Å². The molecule has 1 amide bonds. The molecule has 21 heavy (non-hydrogen) atoms. The number of nitrogens with one attached hydrogen (secondary N) is 1. The Kier molecular flexibility index (Phi) is 4.10. The number of amides is 1. The van der Waals surface area contributed by atoms with E-state index >= 15 is 0 Å². The molecule has 1 aliphatic carbocycles. The van der Waals surface area contributed by atoms with Gasteiger partial charge in [0.05, 0.1) is 6.61 Å². The van der Waals surface area contributed by atoms with E-state index in [4.69, 9.17) is 14.0 Å². The lowest BCUT2D eigenvalue weighted by atomic mass is 9.96. The number of fused-ring (bicyclic) bond motifs is 3. The van der Waals surface area contributed by atoms with Crippen LogP contribution in [0.4, 0.5) is 0 Å². The molecule has 5 nitrogen and oxygen atoms in total. The van der Waals surface area contributed by atoms with Crippen LogP contribution in [0.25, 0.3) is 11.0 Å². The predicted octanol–water partition coefficient (Wildman–Crippen LogP) is 2.76. The fourth-order valence-corrected chi connectivity index (χ4v) is 2.66. The normalized spacial score (nSPS) is 14.0. The molecule has 1 N–H and O–H groups in total. The highest BCUT2D eigenvalue weighted by Gasteiger charge is 2.18. The Morgan fingerprint density at radius 3 is 3.05 bits per heavy atom.